The average molecular weight is 124 g/mol. The molecule has 0 heterocycles. The van der Waals surface area contributed by atoms with E-state index in [2.05, 4.69) is 6.58 Å². The maximum atomic E-state index is 4.87. The first-order valence-electron chi connectivity index (χ1n) is 2.81. The van der Waals surface area contributed by atoms with Gasteiger partial charge in [-0.1, -0.05) is 24.8 Å². The first-order chi connectivity index (χ1) is 4.31. The summed E-state index contributed by atoms with van der Waals surface area (Å²) in [7, 11) is 1.65. The molecule has 0 rings (SSSR count). The van der Waals surface area contributed by atoms with E-state index in [0.717, 1.165) is 5.76 Å². The van der Waals surface area contributed by atoms with Crippen molar-refractivity contribution >= 4 is 0 Å². The molecule has 0 bridgehead atoms. The van der Waals surface area contributed by atoms with Gasteiger partial charge >= 0.3 is 0 Å². The first-order valence-corrected chi connectivity index (χ1v) is 2.81. The Morgan fingerprint density at radius 3 is 2.56 bits per heavy atom. The highest BCUT2D eigenvalue weighted by atomic mass is 16.5. The molecule has 1 nitrogen and oxygen atoms in total. The van der Waals surface area contributed by atoms with Gasteiger partial charge in [0.25, 0.3) is 0 Å². The minimum atomic E-state index is 0.896. The van der Waals surface area contributed by atoms with Crippen molar-refractivity contribution in [1.29, 1.82) is 0 Å². The van der Waals surface area contributed by atoms with Gasteiger partial charge in [0.1, 0.15) is 0 Å². The summed E-state index contributed by atoms with van der Waals surface area (Å²) < 4.78 is 4.87. The van der Waals surface area contributed by atoms with Crippen LogP contribution in [0, 0.1) is 0 Å². The molecule has 0 saturated carbocycles. The average Bonchev–Trinajstić information content (AvgIpc) is 1.89. The molecule has 1 heteroatoms. The van der Waals surface area contributed by atoms with Crippen molar-refractivity contribution in [2.45, 2.75) is 6.92 Å². The highest BCUT2D eigenvalue weighted by Gasteiger charge is 1.75. The van der Waals surface area contributed by atoms with Gasteiger partial charge in [-0.15, -0.1) is 0 Å². The van der Waals surface area contributed by atoms with Crippen LogP contribution in [0.5, 0.6) is 0 Å². The second-order valence-corrected chi connectivity index (χ2v) is 1.60. The minimum Gasteiger partial charge on any atom is -0.501 e. The summed E-state index contributed by atoms with van der Waals surface area (Å²) in [4.78, 5) is 0. The van der Waals surface area contributed by atoms with E-state index in [4.69, 9.17) is 4.74 Å². The van der Waals surface area contributed by atoms with Crippen LogP contribution in [-0.4, -0.2) is 7.11 Å². The molecule has 9 heavy (non-hydrogen) atoms. The maximum absolute atomic E-state index is 4.87. The number of ether oxygens (including phenoxy) is 1. The number of hydrogen-bond acceptors (Lipinski definition) is 1. The van der Waals surface area contributed by atoms with E-state index in [-0.39, 0.29) is 0 Å². The van der Waals surface area contributed by atoms with Crippen LogP contribution in [0.25, 0.3) is 0 Å². The molecule has 0 spiro atoms. The fourth-order valence-electron chi connectivity index (χ4n) is 0.338. The standard InChI is InChI=1S/C8H12O/c1-4-5-6-7-8(2)9-3/h4-7H,1H2,2-3H3. The largest absolute Gasteiger partial charge is 0.501 e. The van der Waals surface area contributed by atoms with Crippen LogP contribution < -0.4 is 0 Å². The maximum Gasteiger partial charge on any atom is 0.0924 e. The lowest BCUT2D eigenvalue weighted by Gasteiger charge is -1.92. The zero-order valence-electron chi connectivity index (χ0n) is 5.92. The number of rotatable bonds is 3. The smallest absolute Gasteiger partial charge is 0.0924 e. The van der Waals surface area contributed by atoms with E-state index in [1.807, 2.05) is 25.2 Å². The molecule has 0 aromatic heterocycles. The fraction of sp³-hybridized carbons (Fsp3) is 0.250. The zero-order valence-corrected chi connectivity index (χ0v) is 5.92. The number of hydrogen-bond donors (Lipinski definition) is 0. The van der Waals surface area contributed by atoms with Crippen LogP contribution in [0.3, 0.4) is 0 Å². The Bertz CT molecular complexity index is 132. The third kappa shape index (κ3) is 4.88. The summed E-state index contributed by atoms with van der Waals surface area (Å²) >= 11 is 0. The highest BCUT2D eigenvalue weighted by molar-refractivity contribution is 5.10. The quantitative estimate of drug-likeness (QED) is 0.414. The van der Waals surface area contributed by atoms with E-state index in [1.165, 1.54) is 0 Å². The molecular formula is C8H12O. The van der Waals surface area contributed by atoms with Crippen LogP contribution in [0.4, 0.5) is 0 Å². The Labute approximate surface area is 56.3 Å². The van der Waals surface area contributed by atoms with Gasteiger partial charge in [-0.25, -0.2) is 0 Å². The monoisotopic (exact) mass is 124 g/mol. The summed E-state index contributed by atoms with van der Waals surface area (Å²) in [6.45, 7) is 5.42. The van der Waals surface area contributed by atoms with Gasteiger partial charge in [-0.05, 0) is 13.0 Å². The molecular weight excluding hydrogens is 112 g/mol. The van der Waals surface area contributed by atoms with E-state index < -0.39 is 0 Å². The van der Waals surface area contributed by atoms with Gasteiger partial charge in [0.2, 0.25) is 0 Å². The molecule has 0 amide bonds. The third-order valence-corrected chi connectivity index (χ3v) is 0.900. The van der Waals surface area contributed by atoms with Crippen molar-refractivity contribution in [2.24, 2.45) is 0 Å². The summed E-state index contributed by atoms with van der Waals surface area (Å²) in [6.07, 6.45) is 7.33. The first kappa shape index (κ1) is 8.02. The fourth-order valence-corrected chi connectivity index (χ4v) is 0.338. The molecule has 0 atom stereocenters. The van der Waals surface area contributed by atoms with E-state index in [0.29, 0.717) is 0 Å². The van der Waals surface area contributed by atoms with Crippen molar-refractivity contribution in [1.82, 2.24) is 0 Å². The van der Waals surface area contributed by atoms with Crippen LogP contribution in [-0.2, 0) is 4.74 Å². The van der Waals surface area contributed by atoms with E-state index in [9.17, 15) is 0 Å². The molecule has 0 unspecified atom stereocenters. The van der Waals surface area contributed by atoms with Crippen LogP contribution in [0.1, 0.15) is 6.92 Å². The Balaban J connectivity index is 3.67. The molecule has 0 aromatic rings. The summed E-state index contributed by atoms with van der Waals surface area (Å²) in [6, 6.07) is 0. The highest BCUT2D eigenvalue weighted by Crippen LogP contribution is 1.91. The van der Waals surface area contributed by atoms with Crippen molar-refractivity contribution < 1.29 is 4.74 Å². The van der Waals surface area contributed by atoms with Crippen molar-refractivity contribution in [3.8, 4) is 0 Å². The Morgan fingerprint density at radius 2 is 2.11 bits per heavy atom. The number of allylic oxidation sites excluding steroid dienone is 5. The minimum absolute atomic E-state index is 0.896. The van der Waals surface area contributed by atoms with Crippen molar-refractivity contribution in [2.75, 3.05) is 7.11 Å². The van der Waals surface area contributed by atoms with Gasteiger partial charge < -0.3 is 4.74 Å². The normalized spacial score (nSPS) is 12.0. The molecule has 0 aromatic carbocycles. The van der Waals surface area contributed by atoms with Crippen molar-refractivity contribution in [3.63, 3.8) is 0 Å². The van der Waals surface area contributed by atoms with Crippen LogP contribution in [0.15, 0.2) is 36.6 Å². The third-order valence-electron chi connectivity index (χ3n) is 0.900. The van der Waals surface area contributed by atoms with Gasteiger partial charge in [-0.3, -0.25) is 0 Å². The molecule has 50 valence electrons. The summed E-state index contributed by atoms with van der Waals surface area (Å²) in [5.41, 5.74) is 0. The summed E-state index contributed by atoms with van der Waals surface area (Å²) in [5, 5.41) is 0. The van der Waals surface area contributed by atoms with Crippen LogP contribution in [0.2, 0.25) is 0 Å². The van der Waals surface area contributed by atoms with E-state index >= 15 is 0 Å². The lowest BCUT2D eigenvalue weighted by Crippen LogP contribution is -1.75. The predicted molar refractivity (Wildman–Crippen MR) is 40.1 cm³/mol. The van der Waals surface area contributed by atoms with Crippen LogP contribution >= 0.6 is 0 Å². The molecule has 0 aliphatic carbocycles. The lowest BCUT2D eigenvalue weighted by molar-refractivity contribution is 0.294. The molecule has 0 radical (unpaired) electrons. The Hall–Kier alpha value is -0.980. The second kappa shape index (κ2) is 5.16. The van der Waals surface area contributed by atoms with E-state index in [1.54, 1.807) is 13.2 Å². The molecule has 0 fully saturated rings. The SMILES string of the molecule is C=CC=CC=C(C)OC. The lowest BCUT2D eigenvalue weighted by atomic mass is 10.4. The van der Waals surface area contributed by atoms with Crippen molar-refractivity contribution in [3.05, 3.63) is 36.6 Å². The molecule has 0 saturated heterocycles. The molecule has 0 N–H and O–H groups in total. The topological polar surface area (TPSA) is 9.23 Å². The number of methoxy groups -OCH3 is 1. The molecule has 0 aliphatic heterocycles. The Kier molecular flexibility index (Phi) is 4.60. The Morgan fingerprint density at radius 1 is 1.44 bits per heavy atom. The van der Waals surface area contributed by atoms with Gasteiger partial charge in [0.15, 0.2) is 0 Å². The second-order valence-electron chi connectivity index (χ2n) is 1.60. The van der Waals surface area contributed by atoms with Gasteiger partial charge in [0.05, 0.1) is 12.9 Å². The zero-order chi connectivity index (χ0) is 7.11. The van der Waals surface area contributed by atoms with Gasteiger partial charge in [0, 0.05) is 0 Å². The predicted octanol–water partition coefficient (Wildman–Crippen LogP) is 2.28. The summed E-state index contributed by atoms with van der Waals surface area (Å²) in [5.74, 6) is 0.896. The molecule has 0 aliphatic rings. The van der Waals surface area contributed by atoms with Gasteiger partial charge in [-0.2, -0.15) is 0 Å².